The van der Waals surface area contributed by atoms with Gasteiger partial charge in [-0.25, -0.2) is 0 Å². The highest BCUT2D eigenvalue weighted by Crippen LogP contribution is 2.10. The van der Waals surface area contributed by atoms with Gasteiger partial charge in [0.2, 0.25) is 0 Å². The van der Waals surface area contributed by atoms with Crippen LogP contribution in [0.3, 0.4) is 0 Å². The average Bonchev–Trinajstić information content (AvgIpc) is 2.43. The fraction of sp³-hybridized carbons (Fsp3) is 0.467. The lowest BCUT2D eigenvalue weighted by Gasteiger charge is -2.19. The van der Waals surface area contributed by atoms with Crippen molar-refractivity contribution in [3.8, 4) is 0 Å². The van der Waals surface area contributed by atoms with Crippen LogP contribution < -0.4 is 16.2 Å². The number of amides is 1. The van der Waals surface area contributed by atoms with E-state index in [9.17, 15) is 14.7 Å². The Hall–Kier alpha value is -1.24. The number of nitrogens with one attached hydrogen (secondary N) is 1. The molecule has 1 amide bonds. The van der Waals surface area contributed by atoms with Crippen molar-refractivity contribution in [1.82, 2.24) is 5.32 Å². The molecule has 1 rings (SSSR count). The Labute approximate surface area is 140 Å². The predicted octanol–water partition coefficient (Wildman–Crippen LogP) is 0.578. The van der Waals surface area contributed by atoms with E-state index in [0.29, 0.717) is 28.8 Å². The largest absolute Gasteiger partial charge is 0.548 e. The summed E-state index contributed by atoms with van der Waals surface area (Å²) in [6.45, 7) is 4.11. The summed E-state index contributed by atoms with van der Waals surface area (Å²) in [5, 5.41) is 13.8. The number of thioether (sulfide) groups is 1. The lowest BCUT2D eigenvalue weighted by atomic mass is 10.1. The molecule has 1 aromatic rings. The van der Waals surface area contributed by atoms with Crippen LogP contribution in [0, 0.1) is 0 Å². The van der Waals surface area contributed by atoms with Gasteiger partial charge in [0.05, 0.1) is 18.1 Å². The van der Waals surface area contributed by atoms with Crippen molar-refractivity contribution in [2.24, 2.45) is 0 Å². The molecule has 1 atom stereocenters. The maximum absolute atomic E-state index is 11.8. The molecule has 0 saturated heterocycles. The molecule has 1 unspecified atom stereocenters. The average molecular weight is 347 g/mol. The Balaban J connectivity index is 0.000000980. The van der Waals surface area contributed by atoms with Crippen LogP contribution >= 0.6 is 23.4 Å². The first-order valence-electron chi connectivity index (χ1n) is 6.87. The molecule has 22 heavy (non-hydrogen) atoms. The first-order chi connectivity index (χ1) is 10.3. The fourth-order valence-electron chi connectivity index (χ4n) is 1.33. The molecule has 1 aromatic carbocycles. The molecule has 0 aromatic heterocycles. The molecule has 0 aliphatic rings. The summed E-state index contributed by atoms with van der Waals surface area (Å²) in [5.74, 6) is -1.08. The zero-order chi connectivity index (χ0) is 17.1. The molecular weight excluding hydrogens is 324 g/mol. The van der Waals surface area contributed by atoms with Crippen LogP contribution in [0.15, 0.2) is 24.3 Å². The Morgan fingerprint density at radius 2 is 1.82 bits per heavy atom. The van der Waals surface area contributed by atoms with Crippen molar-refractivity contribution in [1.29, 1.82) is 0 Å². The van der Waals surface area contributed by atoms with Crippen LogP contribution in [0.2, 0.25) is 5.02 Å². The minimum absolute atomic E-state index is 0.336. The van der Waals surface area contributed by atoms with Gasteiger partial charge in [-0.1, -0.05) is 11.6 Å². The second kappa shape index (κ2) is 11.3. The van der Waals surface area contributed by atoms with E-state index >= 15 is 0 Å². The fourth-order valence-corrected chi connectivity index (χ4v) is 1.92. The van der Waals surface area contributed by atoms with Gasteiger partial charge in [0.25, 0.3) is 5.91 Å². The van der Waals surface area contributed by atoms with Gasteiger partial charge in [-0.05, 0) is 56.5 Å². The van der Waals surface area contributed by atoms with E-state index < -0.39 is 17.9 Å². The molecule has 4 N–H and O–H groups in total. The summed E-state index contributed by atoms with van der Waals surface area (Å²) in [7, 11) is 0. The van der Waals surface area contributed by atoms with E-state index in [1.807, 2.05) is 6.26 Å². The quantitative estimate of drug-likeness (QED) is 0.787. The predicted molar refractivity (Wildman–Crippen MR) is 88.7 cm³/mol. The minimum Gasteiger partial charge on any atom is -0.548 e. The topological polar surface area (TPSA) is 96.9 Å². The lowest BCUT2D eigenvalue weighted by Crippen LogP contribution is -2.57. The molecular formula is C15H23ClN2O3S. The first-order valence-corrected chi connectivity index (χ1v) is 8.64. The highest BCUT2D eigenvalue weighted by molar-refractivity contribution is 7.98. The number of hydrogen-bond acceptors (Lipinski definition) is 4. The van der Waals surface area contributed by atoms with E-state index in [4.69, 9.17) is 11.6 Å². The molecule has 0 aliphatic heterocycles. The van der Waals surface area contributed by atoms with E-state index in [-0.39, 0.29) is 0 Å². The Bertz CT molecular complexity index is 464. The summed E-state index contributed by atoms with van der Waals surface area (Å²) in [6.07, 6.45) is 2.20. The Kier molecular flexibility index (Phi) is 10.7. The maximum atomic E-state index is 11.8. The normalized spacial score (nSPS) is 11.4. The number of quaternary nitrogens is 1. The van der Waals surface area contributed by atoms with E-state index in [1.54, 1.807) is 24.3 Å². The molecule has 7 heteroatoms. The van der Waals surface area contributed by atoms with Crippen molar-refractivity contribution in [3.63, 3.8) is 0 Å². The van der Waals surface area contributed by atoms with Gasteiger partial charge in [-0.3, -0.25) is 4.79 Å². The highest BCUT2D eigenvalue weighted by Gasteiger charge is 2.14. The number of carbonyl (C=O) groups is 2. The van der Waals surface area contributed by atoms with Crippen molar-refractivity contribution in [2.45, 2.75) is 32.4 Å². The molecule has 124 valence electrons. The van der Waals surface area contributed by atoms with Crippen LogP contribution in [0.25, 0.3) is 0 Å². The standard InChI is InChI=1S/C12H14ClNO3S.C3H9N/c1-18-7-6-10(12(16)17)14-11(15)8-2-4-9(13)5-3-8;1-3(2)4/h2-5,10H,6-7H2,1H3,(H,14,15)(H,16,17);3H,4H2,1-2H3. The summed E-state index contributed by atoms with van der Waals surface area (Å²) in [4.78, 5) is 22.7. The van der Waals surface area contributed by atoms with E-state index in [1.165, 1.54) is 11.8 Å². The molecule has 0 bridgehead atoms. The van der Waals surface area contributed by atoms with Crippen LogP contribution in [0.4, 0.5) is 0 Å². The Morgan fingerprint density at radius 1 is 1.32 bits per heavy atom. The second-order valence-electron chi connectivity index (χ2n) is 5.03. The number of halogens is 1. The van der Waals surface area contributed by atoms with Crippen LogP contribution in [0.5, 0.6) is 0 Å². The van der Waals surface area contributed by atoms with Gasteiger partial charge < -0.3 is 21.0 Å². The molecule has 0 aliphatic carbocycles. The molecule has 0 spiro atoms. The van der Waals surface area contributed by atoms with Gasteiger partial charge in [0.15, 0.2) is 0 Å². The van der Waals surface area contributed by atoms with Crippen LogP contribution in [-0.4, -0.2) is 36.0 Å². The molecule has 0 fully saturated rings. The van der Waals surface area contributed by atoms with Crippen LogP contribution in [0.1, 0.15) is 30.6 Å². The third kappa shape index (κ3) is 9.65. The number of benzene rings is 1. The monoisotopic (exact) mass is 346 g/mol. The lowest BCUT2D eigenvalue weighted by molar-refractivity contribution is -0.407. The third-order valence-electron chi connectivity index (χ3n) is 2.31. The smallest absolute Gasteiger partial charge is 0.251 e. The molecule has 0 heterocycles. The number of carboxylic acids is 1. The maximum Gasteiger partial charge on any atom is 0.251 e. The van der Waals surface area contributed by atoms with Crippen molar-refractivity contribution in [2.75, 3.05) is 12.0 Å². The van der Waals surface area contributed by atoms with Gasteiger partial charge in [0.1, 0.15) is 0 Å². The van der Waals surface area contributed by atoms with E-state index in [0.717, 1.165) is 0 Å². The first kappa shape index (κ1) is 20.8. The van der Waals surface area contributed by atoms with Gasteiger partial charge >= 0.3 is 0 Å². The summed E-state index contributed by atoms with van der Waals surface area (Å²) in [6, 6.07) is 5.84. The van der Waals surface area contributed by atoms with Gasteiger partial charge in [0, 0.05) is 10.6 Å². The van der Waals surface area contributed by atoms with Gasteiger partial charge in [-0.15, -0.1) is 0 Å². The molecule has 5 nitrogen and oxygen atoms in total. The zero-order valence-corrected chi connectivity index (χ0v) is 14.7. The molecule has 0 saturated carbocycles. The van der Waals surface area contributed by atoms with Crippen molar-refractivity contribution < 1.29 is 20.4 Å². The van der Waals surface area contributed by atoms with Crippen LogP contribution in [-0.2, 0) is 4.79 Å². The SMILES string of the molecule is CC(C)[NH3+].CSCCC(NC(=O)c1ccc(Cl)cc1)C(=O)[O-]. The summed E-state index contributed by atoms with van der Waals surface area (Å²) in [5.41, 5.74) is 4.01. The third-order valence-corrected chi connectivity index (χ3v) is 3.20. The Morgan fingerprint density at radius 3 is 2.23 bits per heavy atom. The number of carboxylic acid groups (broad SMARTS) is 1. The summed E-state index contributed by atoms with van der Waals surface area (Å²) < 4.78 is 0. The molecule has 0 radical (unpaired) electrons. The summed E-state index contributed by atoms with van der Waals surface area (Å²) >= 11 is 7.21. The van der Waals surface area contributed by atoms with E-state index in [2.05, 4.69) is 24.9 Å². The minimum atomic E-state index is -1.27. The number of rotatable bonds is 6. The zero-order valence-electron chi connectivity index (χ0n) is 13.1. The number of aliphatic carboxylic acids is 1. The highest BCUT2D eigenvalue weighted by atomic mass is 35.5. The second-order valence-corrected chi connectivity index (χ2v) is 6.45. The van der Waals surface area contributed by atoms with Gasteiger partial charge in [-0.2, -0.15) is 11.8 Å². The van der Waals surface area contributed by atoms with Crippen molar-refractivity contribution in [3.05, 3.63) is 34.9 Å². The number of hydrogen-bond donors (Lipinski definition) is 2. The number of carbonyl (C=O) groups excluding carboxylic acids is 2. The van der Waals surface area contributed by atoms with Crippen molar-refractivity contribution >= 4 is 35.2 Å².